The highest BCUT2D eigenvalue weighted by molar-refractivity contribution is 5.68. The fraction of sp³-hybridized carbons (Fsp3) is 0.143. The molecule has 2 aliphatic carbocycles. The first-order chi connectivity index (χ1) is 10.8. The van der Waals surface area contributed by atoms with Crippen molar-refractivity contribution in [2.75, 3.05) is 0 Å². The van der Waals surface area contributed by atoms with Gasteiger partial charge in [0, 0.05) is 16.2 Å². The van der Waals surface area contributed by atoms with Crippen LogP contribution in [0.25, 0.3) is 24.3 Å². The molecule has 0 spiro atoms. The van der Waals surface area contributed by atoms with E-state index in [2.05, 4.69) is 85.9 Å². The molecule has 0 amide bonds. The minimum Gasteiger partial charge on any atom is -0.456 e. The summed E-state index contributed by atoms with van der Waals surface area (Å²) in [7, 11) is 0. The second-order valence-electron chi connectivity index (χ2n) is 6.02. The highest BCUT2D eigenvalue weighted by Crippen LogP contribution is 2.28. The number of fused-ring (bicyclic) bond motifs is 3. The van der Waals surface area contributed by atoms with Crippen molar-refractivity contribution in [2.45, 2.75) is 18.8 Å². The summed E-state index contributed by atoms with van der Waals surface area (Å²) in [4.78, 5) is 0. The van der Waals surface area contributed by atoms with Crippen LogP contribution in [0, 0.1) is 0 Å². The molecule has 22 heavy (non-hydrogen) atoms. The van der Waals surface area contributed by atoms with Gasteiger partial charge in [0.15, 0.2) is 0 Å². The molecule has 0 saturated carbocycles. The monoisotopic (exact) mass is 286 g/mol. The second kappa shape index (κ2) is 5.03. The second-order valence-corrected chi connectivity index (χ2v) is 6.02. The van der Waals surface area contributed by atoms with Crippen LogP contribution in [0.1, 0.15) is 30.2 Å². The zero-order chi connectivity index (χ0) is 15.0. The molecule has 0 bridgehead atoms. The van der Waals surface area contributed by atoms with E-state index in [0.717, 1.165) is 17.6 Å². The fourth-order valence-electron chi connectivity index (χ4n) is 3.15. The SMILES string of the molecule is CC1(c2ccccc2)C=CC=c2c3c(oc2=C1)C=CCC=C3. The van der Waals surface area contributed by atoms with Crippen LogP contribution in [-0.2, 0) is 5.41 Å². The Morgan fingerprint density at radius 2 is 1.86 bits per heavy atom. The molecule has 1 aromatic carbocycles. The van der Waals surface area contributed by atoms with Crippen molar-refractivity contribution < 1.29 is 4.42 Å². The third-order valence-electron chi connectivity index (χ3n) is 4.40. The van der Waals surface area contributed by atoms with E-state index < -0.39 is 0 Å². The maximum Gasteiger partial charge on any atom is 0.135 e. The van der Waals surface area contributed by atoms with Gasteiger partial charge in [0.2, 0.25) is 0 Å². The number of allylic oxidation sites excluding steroid dienone is 4. The van der Waals surface area contributed by atoms with E-state index in [-0.39, 0.29) is 5.41 Å². The van der Waals surface area contributed by atoms with Gasteiger partial charge in [-0.1, -0.05) is 66.8 Å². The summed E-state index contributed by atoms with van der Waals surface area (Å²) in [6.07, 6.45) is 18.3. The summed E-state index contributed by atoms with van der Waals surface area (Å²) in [5.41, 5.74) is 3.25. The topological polar surface area (TPSA) is 13.1 Å². The Hall–Kier alpha value is -2.54. The van der Waals surface area contributed by atoms with Gasteiger partial charge in [-0.3, -0.25) is 0 Å². The van der Waals surface area contributed by atoms with Gasteiger partial charge in [-0.05, 0) is 31.1 Å². The highest BCUT2D eigenvalue weighted by Gasteiger charge is 2.23. The third kappa shape index (κ3) is 2.10. The summed E-state index contributed by atoms with van der Waals surface area (Å²) in [6, 6.07) is 10.6. The molecule has 0 aliphatic heterocycles. The Kier molecular flexibility index (Phi) is 3.00. The minimum absolute atomic E-state index is 0.160. The number of hydrogen-bond acceptors (Lipinski definition) is 1. The zero-order valence-corrected chi connectivity index (χ0v) is 12.6. The molecule has 2 aliphatic rings. The van der Waals surface area contributed by atoms with E-state index >= 15 is 0 Å². The van der Waals surface area contributed by atoms with E-state index in [9.17, 15) is 0 Å². The highest BCUT2D eigenvalue weighted by atomic mass is 16.3. The molecule has 108 valence electrons. The van der Waals surface area contributed by atoms with Gasteiger partial charge in [0.05, 0.1) is 0 Å². The predicted molar refractivity (Wildman–Crippen MR) is 92.5 cm³/mol. The van der Waals surface area contributed by atoms with Gasteiger partial charge in [-0.25, -0.2) is 0 Å². The molecule has 0 radical (unpaired) electrons. The molecular weight excluding hydrogens is 268 g/mol. The molecule has 1 heterocycles. The number of hydrogen-bond donors (Lipinski definition) is 0. The number of benzene rings is 1. The molecule has 0 N–H and O–H groups in total. The smallest absolute Gasteiger partial charge is 0.135 e. The predicted octanol–water partition coefficient (Wildman–Crippen LogP) is 3.80. The average Bonchev–Trinajstić information content (AvgIpc) is 2.72. The first-order valence-corrected chi connectivity index (χ1v) is 7.70. The molecule has 1 nitrogen and oxygen atoms in total. The molecule has 1 heteroatoms. The van der Waals surface area contributed by atoms with Crippen LogP contribution in [0.3, 0.4) is 0 Å². The standard InChI is InChI=1S/C21H18O/c1-21(16-9-4-2-5-10-16)14-8-12-18-17-11-6-3-7-13-19(17)22-20(18)15-21/h2,4-15H,3H2,1H3. The summed E-state index contributed by atoms with van der Waals surface area (Å²) in [5.74, 6) is 0.956. The molecule has 1 unspecified atom stereocenters. The van der Waals surface area contributed by atoms with Gasteiger partial charge in [-0.2, -0.15) is 0 Å². The van der Waals surface area contributed by atoms with Crippen molar-refractivity contribution in [1.82, 2.24) is 0 Å². The molecule has 1 atom stereocenters. The Labute approximate surface area is 130 Å². The molecule has 4 rings (SSSR count). The van der Waals surface area contributed by atoms with Gasteiger partial charge < -0.3 is 4.42 Å². The van der Waals surface area contributed by atoms with Crippen LogP contribution in [0.15, 0.2) is 59.1 Å². The lowest BCUT2D eigenvalue weighted by atomic mass is 9.82. The molecule has 0 fully saturated rings. The van der Waals surface area contributed by atoms with E-state index in [1.54, 1.807) is 0 Å². The lowest BCUT2D eigenvalue weighted by Crippen LogP contribution is -2.26. The Morgan fingerprint density at radius 3 is 2.73 bits per heavy atom. The van der Waals surface area contributed by atoms with Crippen LogP contribution in [0.2, 0.25) is 0 Å². The normalized spacial score (nSPS) is 22.0. The van der Waals surface area contributed by atoms with Crippen LogP contribution >= 0.6 is 0 Å². The minimum atomic E-state index is -0.160. The van der Waals surface area contributed by atoms with Gasteiger partial charge in [0.25, 0.3) is 0 Å². The maximum atomic E-state index is 6.14. The lowest BCUT2D eigenvalue weighted by molar-refractivity contribution is 0.516. The Bertz CT molecular complexity index is 907. The first-order valence-electron chi connectivity index (χ1n) is 7.70. The van der Waals surface area contributed by atoms with Crippen molar-refractivity contribution in [2.24, 2.45) is 0 Å². The summed E-state index contributed by atoms with van der Waals surface area (Å²) >= 11 is 0. The lowest BCUT2D eigenvalue weighted by Gasteiger charge is -2.21. The fourth-order valence-corrected chi connectivity index (χ4v) is 3.15. The van der Waals surface area contributed by atoms with Gasteiger partial charge >= 0.3 is 0 Å². The molecule has 2 aromatic rings. The molecule has 1 aromatic heterocycles. The Morgan fingerprint density at radius 1 is 1.05 bits per heavy atom. The quantitative estimate of drug-likeness (QED) is 0.777. The van der Waals surface area contributed by atoms with Crippen LogP contribution in [0.4, 0.5) is 0 Å². The zero-order valence-electron chi connectivity index (χ0n) is 12.6. The van der Waals surface area contributed by atoms with E-state index in [1.807, 2.05) is 0 Å². The van der Waals surface area contributed by atoms with Crippen molar-refractivity contribution in [3.63, 3.8) is 0 Å². The van der Waals surface area contributed by atoms with Crippen molar-refractivity contribution >= 4 is 24.3 Å². The van der Waals surface area contributed by atoms with Crippen molar-refractivity contribution in [3.8, 4) is 0 Å². The summed E-state index contributed by atoms with van der Waals surface area (Å²) < 4.78 is 6.14. The average molecular weight is 286 g/mol. The van der Waals surface area contributed by atoms with Gasteiger partial charge in [-0.15, -0.1) is 0 Å². The molecular formula is C21H18O. The maximum absolute atomic E-state index is 6.14. The van der Waals surface area contributed by atoms with E-state index in [4.69, 9.17) is 4.42 Å². The van der Waals surface area contributed by atoms with E-state index in [0.29, 0.717) is 0 Å². The van der Waals surface area contributed by atoms with Crippen LogP contribution in [-0.4, -0.2) is 0 Å². The number of rotatable bonds is 1. The third-order valence-corrected chi connectivity index (χ3v) is 4.40. The van der Waals surface area contributed by atoms with Gasteiger partial charge in [0.1, 0.15) is 11.2 Å². The molecule has 0 saturated heterocycles. The van der Waals surface area contributed by atoms with Crippen molar-refractivity contribution in [1.29, 1.82) is 0 Å². The summed E-state index contributed by atoms with van der Waals surface area (Å²) in [5, 5.41) is 1.17. The Balaban J connectivity index is 1.97. The van der Waals surface area contributed by atoms with Crippen LogP contribution in [0.5, 0.6) is 0 Å². The van der Waals surface area contributed by atoms with E-state index in [1.165, 1.54) is 16.3 Å². The van der Waals surface area contributed by atoms with Crippen LogP contribution < -0.4 is 10.6 Å². The largest absolute Gasteiger partial charge is 0.456 e. The van der Waals surface area contributed by atoms with Crippen molar-refractivity contribution in [3.05, 3.63) is 82.2 Å². The number of furan rings is 1. The first kappa shape index (κ1) is 13.1. The summed E-state index contributed by atoms with van der Waals surface area (Å²) in [6.45, 7) is 2.22.